The number of alkyl halides is 1. The van der Waals surface area contributed by atoms with Crippen molar-refractivity contribution in [3.05, 3.63) is 40.2 Å². The van der Waals surface area contributed by atoms with Gasteiger partial charge in [0, 0.05) is 0 Å². The SMILES string of the molecule is C[I-]c1cccc2ccncc12. The molecular weight excluding hydrogens is 261 g/mol. The Morgan fingerprint density at radius 2 is 2.17 bits per heavy atom. The molecule has 2 rings (SSSR count). The molecular formula is C10H9IN-. The maximum absolute atomic E-state index is 4.14. The van der Waals surface area contributed by atoms with Crippen molar-refractivity contribution in [3.63, 3.8) is 0 Å². The van der Waals surface area contributed by atoms with Gasteiger partial charge in [0.15, 0.2) is 0 Å². The van der Waals surface area contributed by atoms with Crippen LogP contribution in [-0.2, 0) is 0 Å². The summed E-state index contributed by atoms with van der Waals surface area (Å²) in [4.78, 5) is 6.42. The Balaban J connectivity index is 2.79. The van der Waals surface area contributed by atoms with Gasteiger partial charge in [0.05, 0.1) is 0 Å². The van der Waals surface area contributed by atoms with E-state index in [2.05, 4.69) is 34.2 Å². The van der Waals surface area contributed by atoms with E-state index in [0.717, 1.165) is 0 Å². The first-order valence-corrected chi connectivity index (χ1v) is 6.97. The van der Waals surface area contributed by atoms with Gasteiger partial charge in [0.1, 0.15) is 0 Å². The first kappa shape index (κ1) is 7.98. The van der Waals surface area contributed by atoms with Crippen molar-refractivity contribution in [2.75, 3.05) is 4.93 Å². The van der Waals surface area contributed by atoms with E-state index in [-0.39, 0.29) is 21.2 Å². The summed E-state index contributed by atoms with van der Waals surface area (Å²) < 4.78 is 1.49. The Bertz CT molecular complexity index is 392. The average molecular weight is 270 g/mol. The molecule has 0 aliphatic heterocycles. The molecule has 0 atom stereocenters. The van der Waals surface area contributed by atoms with Gasteiger partial charge in [-0.3, -0.25) is 0 Å². The van der Waals surface area contributed by atoms with E-state index in [0.29, 0.717) is 0 Å². The van der Waals surface area contributed by atoms with Crippen LogP contribution in [0.5, 0.6) is 0 Å². The van der Waals surface area contributed by atoms with E-state index < -0.39 is 0 Å². The number of benzene rings is 1. The predicted molar refractivity (Wildman–Crippen MR) is 46.4 cm³/mol. The molecule has 0 saturated heterocycles. The van der Waals surface area contributed by atoms with Gasteiger partial charge in [-0.1, -0.05) is 0 Å². The van der Waals surface area contributed by atoms with Gasteiger partial charge >= 0.3 is 82.1 Å². The predicted octanol–water partition coefficient (Wildman–Crippen LogP) is -0.877. The Labute approximate surface area is 82.1 Å². The topological polar surface area (TPSA) is 12.9 Å². The monoisotopic (exact) mass is 270 g/mol. The minimum absolute atomic E-state index is 0.167. The molecule has 1 aromatic carbocycles. The molecule has 0 N–H and O–H groups in total. The number of pyridine rings is 1. The molecule has 12 heavy (non-hydrogen) atoms. The van der Waals surface area contributed by atoms with Crippen molar-refractivity contribution >= 4 is 10.8 Å². The number of aromatic nitrogens is 1. The second-order valence-corrected chi connectivity index (χ2v) is 4.77. The van der Waals surface area contributed by atoms with Crippen molar-refractivity contribution in [3.8, 4) is 0 Å². The van der Waals surface area contributed by atoms with E-state index in [4.69, 9.17) is 0 Å². The molecule has 62 valence electrons. The van der Waals surface area contributed by atoms with Crippen molar-refractivity contribution in [1.29, 1.82) is 0 Å². The molecule has 0 amide bonds. The summed E-state index contributed by atoms with van der Waals surface area (Å²) in [5.41, 5.74) is 0. The zero-order valence-electron chi connectivity index (χ0n) is 6.79. The molecule has 0 fully saturated rings. The summed E-state index contributed by atoms with van der Waals surface area (Å²) in [6.45, 7) is 0. The zero-order chi connectivity index (χ0) is 8.39. The second-order valence-electron chi connectivity index (χ2n) is 2.53. The molecule has 1 heterocycles. The molecule has 0 aliphatic carbocycles. The van der Waals surface area contributed by atoms with Crippen LogP contribution in [0.3, 0.4) is 0 Å². The Morgan fingerprint density at radius 3 is 3.00 bits per heavy atom. The number of hydrogen-bond acceptors (Lipinski definition) is 1. The zero-order valence-corrected chi connectivity index (χ0v) is 8.95. The number of hydrogen-bond donors (Lipinski definition) is 0. The van der Waals surface area contributed by atoms with Gasteiger partial charge in [0.2, 0.25) is 0 Å². The van der Waals surface area contributed by atoms with Crippen molar-refractivity contribution < 1.29 is 21.2 Å². The minimum atomic E-state index is 0.167. The van der Waals surface area contributed by atoms with Crippen LogP contribution in [0.4, 0.5) is 0 Å². The van der Waals surface area contributed by atoms with Gasteiger partial charge in [-0.25, -0.2) is 0 Å². The summed E-state index contributed by atoms with van der Waals surface area (Å²) >= 11 is 0.167. The molecule has 0 bridgehead atoms. The normalized spacial score (nSPS) is 10.8. The number of halogens is 1. The summed E-state index contributed by atoms with van der Waals surface area (Å²) in [7, 11) is 0. The Morgan fingerprint density at radius 1 is 1.25 bits per heavy atom. The Kier molecular flexibility index (Phi) is 2.26. The van der Waals surface area contributed by atoms with E-state index in [1.807, 2.05) is 12.4 Å². The quantitative estimate of drug-likeness (QED) is 0.484. The molecule has 2 aromatic rings. The van der Waals surface area contributed by atoms with Crippen LogP contribution in [0.2, 0.25) is 0 Å². The fraction of sp³-hybridized carbons (Fsp3) is 0.100. The van der Waals surface area contributed by atoms with Crippen LogP contribution in [0.25, 0.3) is 10.8 Å². The summed E-state index contributed by atoms with van der Waals surface area (Å²) in [6.07, 6.45) is 3.81. The standard InChI is InChI=1S/C10H9IN/c1-11-10-4-2-3-8-5-6-12-7-9(8)10/h2-7H,1H3/q-1. The molecule has 0 spiro atoms. The summed E-state index contributed by atoms with van der Waals surface area (Å²) in [6, 6.07) is 8.54. The van der Waals surface area contributed by atoms with E-state index in [9.17, 15) is 0 Å². The van der Waals surface area contributed by atoms with Gasteiger partial charge in [0.25, 0.3) is 0 Å². The molecule has 0 aliphatic rings. The van der Waals surface area contributed by atoms with Crippen LogP contribution >= 0.6 is 0 Å². The number of fused-ring (bicyclic) bond motifs is 1. The molecule has 0 saturated carbocycles. The fourth-order valence-corrected chi connectivity index (χ4v) is 2.84. The average Bonchev–Trinajstić information content (AvgIpc) is 2.17. The van der Waals surface area contributed by atoms with Crippen molar-refractivity contribution in [1.82, 2.24) is 4.98 Å². The number of nitrogens with zero attached hydrogens (tertiary/aromatic N) is 1. The molecule has 2 heteroatoms. The van der Waals surface area contributed by atoms with Crippen LogP contribution in [0.1, 0.15) is 0 Å². The van der Waals surface area contributed by atoms with Gasteiger partial charge in [-0.2, -0.15) is 0 Å². The third-order valence-corrected chi connectivity index (χ3v) is 3.94. The number of rotatable bonds is 1. The summed E-state index contributed by atoms with van der Waals surface area (Å²) in [5, 5.41) is 2.64. The van der Waals surface area contributed by atoms with Crippen LogP contribution < -0.4 is 21.2 Å². The van der Waals surface area contributed by atoms with Gasteiger partial charge in [-0.05, 0) is 0 Å². The first-order valence-electron chi connectivity index (χ1n) is 3.74. The first-order chi connectivity index (χ1) is 5.92. The van der Waals surface area contributed by atoms with E-state index in [1.54, 1.807) is 0 Å². The summed E-state index contributed by atoms with van der Waals surface area (Å²) in [5.74, 6) is 0. The van der Waals surface area contributed by atoms with Crippen LogP contribution in [0.15, 0.2) is 36.7 Å². The van der Waals surface area contributed by atoms with Crippen LogP contribution in [-0.4, -0.2) is 9.91 Å². The molecule has 0 radical (unpaired) electrons. The van der Waals surface area contributed by atoms with E-state index >= 15 is 0 Å². The third-order valence-electron chi connectivity index (χ3n) is 1.83. The molecule has 1 nitrogen and oxygen atoms in total. The van der Waals surface area contributed by atoms with Crippen LogP contribution in [0, 0.1) is 3.57 Å². The van der Waals surface area contributed by atoms with E-state index in [1.165, 1.54) is 14.3 Å². The molecule has 1 aromatic heterocycles. The molecule has 0 unspecified atom stereocenters. The van der Waals surface area contributed by atoms with Gasteiger partial charge < -0.3 is 0 Å². The van der Waals surface area contributed by atoms with Gasteiger partial charge in [-0.15, -0.1) is 0 Å². The van der Waals surface area contributed by atoms with Crippen molar-refractivity contribution in [2.45, 2.75) is 0 Å². The third kappa shape index (κ3) is 1.31. The second kappa shape index (κ2) is 3.39. The van der Waals surface area contributed by atoms with Crippen molar-refractivity contribution in [2.24, 2.45) is 0 Å². The fourth-order valence-electron chi connectivity index (χ4n) is 1.24. The maximum atomic E-state index is 4.14. The Hall–Kier alpha value is -0.640.